The Hall–Kier alpha value is -4.79. The van der Waals surface area contributed by atoms with Gasteiger partial charge in [0.1, 0.15) is 28.5 Å². The first-order chi connectivity index (χ1) is 17.8. The number of rotatable bonds is 6. The van der Waals surface area contributed by atoms with E-state index in [0.717, 1.165) is 22.3 Å². The molecule has 0 aliphatic heterocycles. The average Bonchev–Trinajstić information content (AvgIpc) is 2.91. The fraction of sp³-hybridized carbons (Fsp3) is 0.179. The van der Waals surface area contributed by atoms with Crippen molar-refractivity contribution in [3.05, 3.63) is 81.7 Å². The van der Waals surface area contributed by atoms with Gasteiger partial charge in [-0.2, -0.15) is 0 Å². The van der Waals surface area contributed by atoms with Gasteiger partial charge in [0.2, 0.25) is 0 Å². The highest BCUT2D eigenvalue weighted by Crippen LogP contribution is 2.33. The van der Waals surface area contributed by atoms with E-state index in [0.29, 0.717) is 33.8 Å². The topological polar surface area (TPSA) is 124 Å². The second-order valence-corrected chi connectivity index (χ2v) is 7.90. The van der Waals surface area contributed by atoms with Crippen molar-refractivity contribution < 1.29 is 33.3 Å². The zero-order valence-corrected chi connectivity index (χ0v) is 21.1. The van der Waals surface area contributed by atoms with Crippen LogP contribution in [0.25, 0.3) is 22.1 Å². The number of hydrogen-bond acceptors (Lipinski definition) is 7. The van der Waals surface area contributed by atoms with Gasteiger partial charge in [0.25, 0.3) is 12.4 Å². The van der Waals surface area contributed by atoms with Gasteiger partial charge < -0.3 is 29.1 Å². The number of hydrogen-bond donors (Lipinski definition) is 2. The van der Waals surface area contributed by atoms with Crippen LogP contribution in [0, 0.1) is 13.8 Å². The Kier molecular flexibility index (Phi) is 8.52. The molecule has 0 fully saturated rings. The lowest BCUT2D eigenvalue weighted by Crippen LogP contribution is -2.18. The molecule has 4 rings (SSSR count). The molecule has 4 aromatic rings. The molecule has 192 valence electrons. The first-order valence-corrected chi connectivity index (χ1v) is 11.1. The molecule has 0 aliphatic rings. The fourth-order valence-corrected chi connectivity index (χ4v) is 3.85. The van der Waals surface area contributed by atoms with Crippen LogP contribution in [0.5, 0.6) is 17.2 Å². The van der Waals surface area contributed by atoms with E-state index in [1.165, 1.54) is 0 Å². The van der Waals surface area contributed by atoms with Crippen molar-refractivity contribution in [3.8, 4) is 28.4 Å². The Balaban J connectivity index is 0.00000121. The van der Waals surface area contributed by atoms with Crippen molar-refractivity contribution in [1.82, 2.24) is 0 Å². The molecule has 0 saturated heterocycles. The molecule has 0 saturated carbocycles. The molecule has 1 heterocycles. The number of benzene rings is 3. The highest BCUT2D eigenvalue weighted by Gasteiger charge is 2.17. The molecule has 0 atom stereocenters. The summed E-state index contributed by atoms with van der Waals surface area (Å²) in [5.41, 5.74) is 3.48. The summed E-state index contributed by atoms with van der Waals surface area (Å²) >= 11 is 0. The van der Waals surface area contributed by atoms with E-state index in [-0.39, 0.29) is 12.2 Å². The lowest BCUT2D eigenvalue weighted by atomic mass is 10.0. The lowest BCUT2D eigenvalue weighted by Gasteiger charge is -2.13. The van der Waals surface area contributed by atoms with E-state index in [1.54, 1.807) is 51.7 Å². The van der Waals surface area contributed by atoms with Crippen LogP contribution in [-0.4, -0.2) is 38.8 Å². The summed E-state index contributed by atoms with van der Waals surface area (Å²) in [6.45, 7) is 3.51. The van der Waals surface area contributed by atoms with Crippen LogP contribution < -0.4 is 25.2 Å². The van der Waals surface area contributed by atoms with Crippen molar-refractivity contribution in [2.24, 2.45) is 0 Å². The van der Waals surface area contributed by atoms with Crippen molar-refractivity contribution >= 4 is 29.0 Å². The Bertz CT molecular complexity index is 1510. The van der Waals surface area contributed by atoms with Gasteiger partial charge >= 0.3 is 5.63 Å². The number of amides is 1. The van der Waals surface area contributed by atoms with Crippen molar-refractivity contribution in [1.29, 1.82) is 0 Å². The van der Waals surface area contributed by atoms with Gasteiger partial charge in [0.05, 0.1) is 21.3 Å². The number of anilines is 1. The first-order valence-electron chi connectivity index (χ1n) is 11.1. The van der Waals surface area contributed by atoms with Gasteiger partial charge in [-0.1, -0.05) is 12.1 Å². The normalized spacial score (nSPS) is 10.2. The predicted molar refractivity (Wildman–Crippen MR) is 140 cm³/mol. The molecule has 0 radical (unpaired) electrons. The summed E-state index contributed by atoms with van der Waals surface area (Å²) in [6.07, 6.45) is 0. The first kappa shape index (κ1) is 26.8. The van der Waals surface area contributed by atoms with Gasteiger partial charge in [0, 0.05) is 16.5 Å². The summed E-state index contributed by atoms with van der Waals surface area (Å²) in [5.74, 6) is 1.51. The minimum absolute atomic E-state index is 0.0431. The molecule has 1 amide bonds. The number of fused-ring (bicyclic) bond motifs is 1. The molecule has 1 aromatic heterocycles. The third-order valence-corrected chi connectivity index (χ3v) is 5.85. The van der Waals surface area contributed by atoms with Gasteiger partial charge in [-0.3, -0.25) is 9.59 Å². The lowest BCUT2D eigenvalue weighted by molar-refractivity contribution is -0.122. The summed E-state index contributed by atoms with van der Waals surface area (Å²) < 4.78 is 21.8. The number of carbonyl (C=O) groups is 2. The summed E-state index contributed by atoms with van der Waals surface area (Å²) in [4.78, 5) is 34.1. The van der Waals surface area contributed by atoms with Gasteiger partial charge in [-0.05, 0) is 73.0 Å². The van der Waals surface area contributed by atoms with Crippen LogP contribution in [0.2, 0.25) is 0 Å². The van der Waals surface area contributed by atoms with Gasteiger partial charge in [-0.25, -0.2) is 4.79 Å². The maximum Gasteiger partial charge on any atom is 0.360 e. The van der Waals surface area contributed by atoms with Crippen LogP contribution >= 0.6 is 0 Å². The number of carboxylic acid groups (broad SMARTS) is 1. The average molecular weight is 506 g/mol. The van der Waals surface area contributed by atoms with Crippen molar-refractivity contribution in [3.63, 3.8) is 0 Å². The number of methoxy groups -OCH3 is 3. The minimum atomic E-state index is -0.630. The SMILES string of the molecule is COc1cccc(-c2cc(C(=O)Nc3cc4cc(OC)c(C)c(C)c4oc3=O)ccc2OC)c1.O=CO. The van der Waals surface area contributed by atoms with E-state index in [4.69, 9.17) is 28.5 Å². The Morgan fingerprint density at radius 1 is 0.919 bits per heavy atom. The van der Waals surface area contributed by atoms with Crippen LogP contribution in [0.1, 0.15) is 21.5 Å². The fourth-order valence-electron chi connectivity index (χ4n) is 3.85. The molecule has 37 heavy (non-hydrogen) atoms. The molecule has 3 aromatic carbocycles. The van der Waals surface area contributed by atoms with Crippen LogP contribution in [0.4, 0.5) is 5.69 Å². The molecule has 0 bridgehead atoms. The van der Waals surface area contributed by atoms with E-state index in [9.17, 15) is 9.59 Å². The van der Waals surface area contributed by atoms with E-state index >= 15 is 0 Å². The van der Waals surface area contributed by atoms with Crippen LogP contribution in [0.3, 0.4) is 0 Å². The predicted octanol–water partition coefficient (Wildman–Crippen LogP) is 5.06. The largest absolute Gasteiger partial charge is 0.497 e. The number of aryl methyl sites for hydroxylation is 1. The highest BCUT2D eigenvalue weighted by molar-refractivity contribution is 6.06. The third-order valence-electron chi connectivity index (χ3n) is 5.85. The highest BCUT2D eigenvalue weighted by atomic mass is 16.5. The van der Waals surface area contributed by atoms with Crippen molar-refractivity contribution in [2.75, 3.05) is 26.6 Å². The molecule has 9 nitrogen and oxygen atoms in total. The molecular weight excluding hydrogens is 478 g/mol. The van der Waals surface area contributed by atoms with Crippen LogP contribution in [-0.2, 0) is 4.79 Å². The van der Waals surface area contributed by atoms with E-state index < -0.39 is 11.5 Å². The van der Waals surface area contributed by atoms with E-state index in [2.05, 4.69) is 5.32 Å². The van der Waals surface area contributed by atoms with Crippen molar-refractivity contribution in [2.45, 2.75) is 13.8 Å². The molecular formula is C28H27NO8. The zero-order valence-electron chi connectivity index (χ0n) is 21.1. The Morgan fingerprint density at radius 3 is 2.27 bits per heavy atom. The Morgan fingerprint density at radius 2 is 1.62 bits per heavy atom. The number of carbonyl (C=O) groups excluding carboxylic acids is 1. The van der Waals surface area contributed by atoms with E-state index in [1.807, 2.05) is 38.1 Å². The Labute approximate surface area is 213 Å². The molecule has 0 spiro atoms. The standard InChI is InChI=1S/C27H25NO6.CH2O2/c1-15-16(2)25-19(14-24(15)33-5)13-22(27(30)34-25)28-26(29)18-9-10-23(32-4)21(12-18)17-7-6-8-20(11-17)31-3;2-1-3/h6-14H,1-5H3,(H,28,29);1H,(H,2,3). The molecule has 0 unspecified atom stereocenters. The van der Waals surface area contributed by atoms with Crippen LogP contribution in [0.15, 0.2) is 63.8 Å². The van der Waals surface area contributed by atoms with Gasteiger partial charge in [0.15, 0.2) is 0 Å². The zero-order chi connectivity index (χ0) is 27.1. The molecule has 9 heteroatoms. The third kappa shape index (κ3) is 5.72. The molecule has 2 N–H and O–H groups in total. The second kappa shape index (κ2) is 11.8. The molecule has 0 aliphatic carbocycles. The number of nitrogens with one attached hydrogen (secondary N) is 1. The van der Waals surface area contributed by atoms with Gasteiger partial charge in [-0.15, -0.1) is 0 Å². The quantitative estimate of drug-likeness (QED) is 0.275. The second-order valence-electron chi connectivity index (χ2n) is 7.90. The maximum absolute atomic E-state index is 13.1. The monoisotopic (exact) mass is 505 g/mol. The maximum atomic E-state index is 13.1. The summed E-state index contributed by atoms with van der Waals surface area (Å²) in [7, 11) is 4.74. The smallest absolute Gasteiger partial charge is 0.360 e. The summed E-state index contributed by atoms with van der Waals surface area (Å²) in [5, 5.41) is 10.2. The minimum Gasteiger partial charge on any atom is -0.497 e. The summed E-state index contributed by atoms with van der Waals surface area (Å²) in [6, 6.07) is 15.9. The number of ether oxygens (including phenoxy) is 3.